The molecule has 0 heterocycles. The summed E-state index contributed by atoms with van der Waals surface area (Å²) in [5, 5.41) is 53.3. The summed E-state index contributed by atoms with van der Waals surface area (Å²) < 4.78 is 0. The van der Waals surface area contributed by atoms with Gasteiger partial charge < -0.3 is 30.3 Å². The minimum absolute atomic E-state index is 0.314. The molecule has 1 aromatic carbocycles. The Balaban J connectivity index is 3.27. The summed E-state index contributed by atoms with van der Waals surface area (Å²) >= 11 is 0. The Bertz CT molecular complexity index is 310. The number of hydrogen-bond acceptors (Lipinski definition) is 6. The van der Waals surface area contributed by atoms with E-state index in [4.69, 9.17) is 30.3 Å². The maximum absolute atomic E-state index is 9.12. The average Bonchev–Trinajstić information content (AvgIpc) is 2.02. The Kier molecular flexibility index (Phi) is 3.02. The van der Waals surface area contributed by atoms with Gasteiger partial charge in [0.2, 0.25) is 0 Å². The predicted octanol–water partition coefficient (Wildman–Crippen LogP) is -3.54. The second-order valence-corrected chi connectivity index (χ2v) is 2.72. The van der Waals surface area contributed by atoms with Crippen LogP contribution in [0.2, 0.25) is 0 Å². The molecule has 0 saturated carbocycles. The summed E-state index contributed by atoms with van der Waals surface area (Å²) in [6, 6.07) is 1.68. The molecule has 74 valence electrons. The topological polar surface area (TPSA) is 121 Å². The van der Waals surface area contributed by atoms with Crippen molar-refractivity contribution in [2.75, 3.05) is 0 Å². The minimum atomic E-state index is -1.95. The number of phenolic OH excluding ortho intramolecular Hbond substituents is 2. The summed E-state index contributed by atoms with van der Waals surface area (Å²) in [4.78, 5) is 0. The maximum Gasteiger partial charge on any atom is 0.492 e. The molecule has 14 heavy (non-hydrogen) atoms. The van der Waals surface area contributed by atoms with E-state index in [-0.39, 0.29) is 10.9 Å². The van der Waals surface area contributed by atoms with Crippen molar-refractivity contribution in [2.24, 2.45) is 0 Å². The quantitative estimate of drug-likeness (QED) is 0.273. The zero-order valence-corrected chi connectivity index (χ0v) is 6.99. The molecule has 0 aliphatic rings. The number of benzene rings is 1. The van der Waals surface area contributed by atoms with E-state index in [0.29, 0.717) is 0 Å². The van der Waals surface area contributed by atoms with Gasteiger partial charge in [0.15, 0.2) is 0 Å². The molecular formula is C6H8B2O6. The number of phenols is 2. The van der Waals surface area contributed by atoms with Gasteiger partial charge in [0.25, 0.3) is 0 Å². The third-order valence-electron chi connectivity index (χ3n) is 1.73. The van der Waals surface area contributed by atoms with Gasteiger partial charge in [-0.3, -0.25) is 0 Å². The molecule has 0 spiro atoms. The fourth-order valence-electron chi connectivity index (χ4n) is 1.03. The smallest absolute Gasteiger partial charge is 0.492 e. The van der Waals surface area contributed by atoms with Crippen LogP contribution in [-0.2, 0) is 0 Å². The third kappa shape index (κ3) is 1.99. The summed E-state index contributed by atoms with van der Waals surface area (Å²) in [6.45, 7) is 0. The monoisotopic (exact) mass is 198 g/mol. The first-order valence-electron chi connectivity index (χ1n) is 3.71. The largest absolute Gasteiger partial charge is 0.508 e. The fourth-order valence-corrected chi connectivity index (χ4v) is 1.03. The molecule has 0 radical (unpaired) electrons. The second kappa shape index (κ2) is 3.89. The Morgan fingerprint density at radius 3 is 1.36 bits per heavy atom. The summed E-state index contributed by atoms with van der Waals surface area (Å²) in [6.07, 6.45) is 0. The van der Waals surface area contributed by atoms with Crippen LogP contribution in [0.5, 0.6) is 11.5 Å². The fraction of sp³-hybridized carbons (Fsp3) is 0. The zero-order valence-electron chi connectivity index (χ0n) is 6.99. The molecule has 6 N–H and O–H groups in total. The van der Waals surface area contributed by atoms with Crippen molar-refractivity contribution < 1.29 is 30.3 Å². The van der Waals surface area contributed by atoms with Gasteiger partial charge in [0.05, 0.1) is 0 Å². The molecule has 0 aromatic heterocycles. The van der Waals surface area contributed by atoms with Gasteiger partial charge in [-0.2, -0.15) is 0 Å². The predicted molar refractivity (Wildman–Crippen MR) is 49.4 cm³/mol. The van der Waals surface area contributed by atoms with E-state index in [1.165, 1.54) is 0 Å². The Labute approximate surface area is 80.0 Å². The standard InChI is InChI=1S/C6H8B2O6/c9-5-2-6(10)4(8(13)14)1-3(5)7(11)12/h1-2,9-14H. The van der Waals surface area contributed by atoms with Gasteiger partial charge in [-0.15, -0.1) is 0 Å². The van der Waals surface area contributed by atoms with Gasteiger partial charge in [0.1, 0.15) is 11.5 Å². The Morgan fingerprint density at radius 1 is 0.714 bits per heavy atom. The lowest BCUT2D eigenvalue weighted by Crippen LogP contribution is -2.38. The van der Waals surface area contributed by atoms with E-state index in [0.717, 1.165) is 12.1 Å². The molecular weight excluding hydrogens is 190 g/mol. The summed E-state index contributed by atoms with van der Waals surface area (Å²) in [7, 11) is -3.90. The first kappa shape index (κ1) is 10.9. The van der Waals surface area contributed by atoms with Crippen LogP contribution in [0, 0.1) is 0 Å². The van der Waals surface area contributed by atoms with Crippen molar-refractivity contribution in [3.05, 3.63) is 12.1 Å². The van der Waals surface area contributed by atoms with Gasteiger partial charge >= 0.3 is 14.2 Å². The highest BCUT2D eigenvalue weighted by Crippen LogP contribution is 2.13. The second-order valence-electron chi connectivity index (χ2n) is 2.72. The average molecular weight is 198 g/mol. The van der Waals surface area contributed by atoms with Crippen molar-refractivity contribution in [3.8, 4) is 11.5 Å². The van der Waals surface area contributed by atoms with Crippen molar-refractivity contribution in [1.82, 2.24) is 0 Å². The molecule has 1 rings (SSSR count). The van der Waals surface area contributed by atoms with Crippen LogP contribution in [0.1, 0.15) is 0 Å². The molecule has 1 aromatic rings. The Hall–Kier alpha value is -1.21. The molecule has 0 amide bonds. The third-order valence-corrected chi connectivity index (χ3v) is 1.73. The van der Waals surface area contributed by atoms with Crippen LogP contribution < -0.4 is 10.9 Å². The van der Waals surface area contributed by atoms with Crippen molar-refractivity contribution in [2.45, 2.75) is 0 Å². The molecule has 8 heteroatoms. The summed E-state index contributed by atoms with van der Waals surface area (Å²) in [5.41, 5.74) is -0.628. The lowest BCUT2D eigenvalue weighted by molar-refractivity contribution is 0.414. The van der Waals surface area contributed by atoms with Crippen molar-refractivity contribution in [1.29, 1.82) is 0 Å². The van der Waals surface area contributed by atoms with Crippen molar-refractivity contribution in [3.63, 3.8) is 0 Å². The minimum Gasteiger partial charge on any atom is -0.508 e. The zero-order chi connectivity index (χ0) is 10.9. The van der Waals surface area contributed by atoms with Crippen LogP contribution in [0.15, 0.2) is 12.1 Å². The summed E-state index contributed by atoms with van der Waals surface area (Å²) in [5.74, 6) is -1.08. The molecule has 6 nitrogen and oxygen atoms in total. The molecule has 0 unspecified atom stereocenters. The van der Waals surface area contributed by atoms with Gasteiger partial charge in [-0.05, 0) is 0 Å². The van der Waals surface area contributed by atoms with E-state index >= 15 is 0 Å². The molecule has 0 aliphatic heterocycles. The number of aromatic hydroxyl groups is 2. The molecule has 0 aliphatic carbocycles. The highest BCUT2D eigenvalue weighted by atomic mass is 16.4. The SMILES string of the molecule is OB(O)c1cc(B(O)O)c(O)cc1O. The molecule has 0 bridgehead atoms. The molecule has 0 atom stereocenters. The lowest BCUT2D eigenvalue weighted by atomic mass is 9.72. The van der Waals surface area contributed by atoms with Crippen LogP contribution in [0.4, 0.5) is 0 Å². The van der Waals surface area contributed by atoms with Gasteiger partial charge in [-0.25, -0.2) is 0 Å². The van der Waals surface area contributed by atoms with Gasteiger partial charge in [-0.1, -0.05) is 6.07 Å². The first-order valence-corrected chi connectivity index (χ1v) is 3.71. The maximum atomic E-state index is 9.12. The molecule has 0 fully saturated rings. The molecule has 0 saturated heterocycles. The van der Waals surface area contributed by atoms with Crippen LogP contribution in [0.25, 0.3) is 0 Å². The van der Waals surface area contributed by atoms with Crippen molar-refractivity contribution >= 4 is 25.2 Å². The highest BCUT2D eigenvalue weighted by Gasteiger charge is 2.23. The van der Waals surface area contributed by atoms with E-state index in [2.05, 4.69) is 0 Å². The van der Waals surface area contributed by atoms with E-state index in [1.54, 1.807) is 0 Å². The van der Waals surface area contributed by atoms with E-state index in [9.17, 15) is 0 Å². The van der Waals surface area contributed by atoms with Gasteiger partial charge in [0, 0.05) is 17.0 Å². The number of hydrogen-bond donors (Lipinski definition) is 6. The van der Waals surface area contributed by atoms with E-state index < -0.39 is 25.7 Å². The van der Waals surface area contributed by atoms with Crippen LogP contribution in [-0.4, -0.2) is 44.5 Å². The van der Waals surface area contributed by atoms with Crippen LogP contribution >= 0.6 is 0 Å². The first-order chi connectivity index (χ1) is 6.43. The Morgan fingerprint density at radius 2 is 1.07 bits per heavy atom. The normalized spacial score (nSPS) is 10.0. The van der Waals surface area contributed by atoms with Crippen LogP contribution in [0.3, 0.4) is 0 Å². The highest BCUT2D eigenvalue weighted by molar-refractivity contribution is 6.64. The van der Waals surface area contributed by atoms with E-state index in [1.807, 2.05) is 0 Å². The number of rotatable bonds is 2. The lowest BCUT2D eigenvalue weighted by Gasteiger charge is -2.08.